The van der Waals surface area contributed by atoms with E-state index in [9.17, 15) is 19.2 Å². The van der Waals surface area contributed by atoms with E-state index < -0.39 is 11.9 Å². The Morgan fingerprint density at radius 2 is 0.589 bits per heavy atom. The van der Waals surface area contributed by atoms with Crippen LogP contribution in [-0.2, 0) is 60.1 Å². The van der Waals surface area contributed by atoms with Crippen molar-refractivity contribution in [1.82, 2.24) is 0 Å². The van der Waals surface area contributed by atoms with Crippen LogP contribution in [0.3, 0.4) is 0 Å². The van der Waals surface area contributed by atoms with E-state index in [1.807, 2.05) is 231 Å². The van der Waals surface area contributed by atoms with Gasteiger partial charge in [0, 0.05) is 69.8 Å². The summed E-state index contributed by atoms with van der Waals surface area (Å²) in [5.74, 6) is 5.42. The van der Waals surface area contributed by atoms with Crippen LogP contribution < -0.4 is 52.1 Å². The third kappa shape index (κ3) is 34.5. The highest BCUT2D eigenvalue weighted by Gasteiger charge is 2.14. The molecular formula is C102H102N4O23. The summed E-state index contributed by atoms with van der Waals surface area (Å²) in [6.45, 7) is 4.39. The molecule has 0 aromatic heterocycles. The van der Waals surface area contributed by atoms with Gasteiger partial charge in [0.1, 0.15) is 167 Å². The summed E-state index contributed by atoms with van der Waals surface area (Å²) in [5, 5.41) is 42.9. The molecular weight excluding hydrogens is 1650 g/mol. The van der Waals surface area contributed by atoms with Crippen LogP contribution in [0.25, 0.3) is 12.2 Å². The standard InChI is InChI=1S/C28H29NO6.C26H25NO6.C24H23NO5.C16H17NO3.C8H8O3/c1-4-33-28(30)17-13-23-12-16-25(18-27(23)31-2)34-19-21-10-14-24(15-11-21)35-20-26(29-32-3)22-8-6-5-7-9-22;1-30-25-16-23(14-10-21(25)11-15-26(28)29)32-17-19-8-12-22(13-9-19)33-18-24(27-31-2)20-6-4-3-5-7-20;1-27-24-14-22(13-10-20(24)15-26)29-16-18-8-11-21(12-9-18)30-17-23(25-28-2)19-6-4-3-5-7-19;1-19-17-16(14-5-3-2-4-6-14)12-20-15-9-7-13(11-18)8-10-15;1-11-8-4-7(10)3-2-6(8)5-9/h5-18H,4,19-20H2,1-3H3;3-16H,17-18H2,1-2H3,(H,28,29);3-15H,16-17H2,1-2H3;2-10,18H,11-12H2,1H3;2-5,10H,1H3/b17-13+,29-26+;15-11+,27-24+;25-23+;17-16+;. The average molecular weight is 1750 g/mol. The minimum absolute atomic E-state index is 0.0285. The normalized spacial score (nSPS) is 11.0. The predicted molar refractivity (Wildman–Crippen MR) is 493 cm³/mol. The highest BCUT2D eigenvalue weighted by atomic mass is 16.6. The van der Waals surface area contributed by atoms with E-state index in [1.165, 1.54) is 80.1 Å². The van der Waals surface area contributed by atoms with Crippen molar-refractivity contribution in [2.75, 3.05) is 89.9 Å². The first kappa shape index (κ1) is 98.3. The van der Waals surface area contributed by atoms with E-state index in [0.717, 1.165) is 79.6 Å². The number of methoxy groups -OCH3 is 4. The van der Waals surface area contributed by atoms with Gasteiger partial charge in [0.05, 0.1) is 52.8 Å². The molecule has 129 heavy (non-hydrogen) atoms. The Morgan fingerprint density at radius 3 is 0.868 bits per heavy atom. The van der Waals surface area contributed by atoms with E-state index in [1.54, 1.807) is 62.6 Å². The number of hydrogen-bond donors (Lipinski definition) is 3. The number of carboxylic acids is 1. The van der Waals surface area contributed by atoms with Crippen LogP contribution in [0, 0.1) is 0 Å². The first-order valence-corrected chi connectivity index (χ1v) is 40.1. The number of oxime groups is 4. The Hall–Kier alpha value is -16.2. The van der Waals surface area contributed by atoms with Crippen molar-refractivity contribution in [3.05, 3.63) is 370 Å². The van der Waals surface area contributed by atoms with Gasteiger partial charge < -0.3 is 91.5 Å². The van der Waals surface area contributed by atoms with E-state index in [4.69, 9.17) is 91.5 Å². The second-order valence-corrected chi connectivity index (χ2v) is 26.7. The lowest BCUT2D eigenvalue weighted by Crippen LogP contribution is -2.13. The van der Waals surface area contributed by atoms with Crippen LogP contribution in [0.5, 0.6) is 69.0 Å². The van der Waals surface area contributed by atoms with Gasteiger partial charge >= 0.3 is 11.9 Å². The molecule has 0 aliphatic carbocycles. The number of hydrogen-bond acceptors (Lipinski definition) is 26. The van der Waals surface area contributed by atoms with Crippen LogP contribution >= 0.6 is 0 Å². The molecule has 27 nitrogen and oxygen atoms in total. The van der Waals surface area contributed by atoms with Crippen molar-refractivity contribution in [1.29, 1.82) is 0 Å². The lowest BCUT2D eigenvalue weighted by Gasteiger charge is -2.11. The predicted octanol–water partition coefficient (Wildman–Crippen LogP) is 18.4. The smallest absolute Gasteiger partial charge is 0.330 e. The number of aliphatic hydroxyl groups is 1. The summed E-state index contributed by atoms with van der Waals surface area (Å²) >= 11 is 0. The molecule has 0 radical (unpaired) electrons. The van der Waals surface area contributed by atoms with Crippen molar-refractivity contribution in [3.8, 4) is 69.0 Å². The van der Waals surface area contributed by atoms with Gasteiger partial charge in [0.15, 0.2) is 12.6 Å². The summed E-state index contributed by atoms with van der Waals surface area (Å²) in [7, 11) is 12.1. The molecule has 0 fully saturated rings. The molecule has 668 valence electrons. The Labute approximate surface area is 749 Å². The van der Waals surface area contributed by atoms with Gasteiger partial charge in [-0.25, -0.2) is 9.59 Å². The Balaban J connectivity index is 0.000000207. The molecule has 0 heterocycles. The number of aldehydes is 2. The second-order valence-electron chi connectivity index (χ2n) is 26.7. The molecule has 0 saturated carbocycles. The van der Waals surface area contributed by atoms with Gasteiger partial charge in [0.25, 0.3) is 0 Å². The summed E-state index contributed by atoms with van der Waals surface area (Å²) in [6.07, 6.45) is 6.99. The number of aliphatic hydroxyl groups excluding tert-OH is 1. The zero-order valence-corrected chi connectivity index (χ0v) is 72.8. The number of ether oxygens (including phenoxy) is 12. The Kier molecular flexibility index (Phi) is 42.6. The monoisotopic (exact) mass is 1750 g/mol. The van der Waals surface area contributed by atoms with Crippen LogP contribution in [0.1, 0.15) is 83.3 Å². The lowest BCUT2D eigenvalue weighted by molar-refractivity contribution is -0.137. The van der Waals surface area contributed by atoms with E-state index in [-0.39, 0.29) is 32.2 Å². The number of carbonyl (C=O) groups is 4. The van der Waals surface area contributed by atoms with Crippen molar-refractivity contribution >= 4 is 59.5 Å². The number of benzene rings is 12. The fourth-order valence-electron chi connectivity index (χ4n) is 11.5. The van der Waals surface area contributed by atoms with Gasteiger partial charge in [-0.15, -0.1) is 0 Å². The molecule has 0 saturated heterocycles. The minimum Gasteiger partial charge on any atom is -0.508 e. The molecule has 3 N–H and O–H groups in total. The Morgan fingerprint density at radius 1 is 0.318 bits per heavy atom. The molecule has 12 aromatic rings. The SMILES string of the molecule is CCOC(=O)/C=C/c1ccc(OCc2ccc(OC/C(=N\OC)c3ccccc3)cc2)cc1OC.CO/N=C(\COc1ccc(CO)cc1)c1ccccc1.CO/N=C(\COc1ccc(COc2ccc(/C=C/C(=O)O)c(OC)c2)cc1)c1ccccc1.CO/N=C(\COc1ccc(COc2ccc(C=O)c(OC)c2)cc1)c1ccccc1.COc1cc(O)ccc1C=O. The third-order valence-electron chi connectivity index (χ3n) is 18.0. The zero-order valence-electron chi connectivity index (χ0n) is 72.8. The number of carbonyl (C=O) groups excluding carboxylic acids is 3. The molecule has 0 spiro atoms. The van der Waals surface area contributed by atoms with Crippen LogP contribution in [0.15, 0.2) is 324 Å². The van der Waals surface area contributed by atoms with Gasteiger partial charge in [-0.3, -0.25) is 9.59 Å². The van der Waals surface area contributed by atoms with E-state index >= 15 is 0 Å². The van der Waals surface area contributed by atoms with Crippen LogP contribution in [-0.4, -0.2) is 153 Å². The maximum Gasteiger partial charge on any atom is 0.330 e. The topological polar surface area (TPSA) is 326 Å². The molecule has 0 aliphatic rings. The van der Waals surface area contributed by atoms with Gasteiger partial charge in [-0.2, -0.15) is 0 Å². The summed E-state index contributed by atoms with van der Waals surface area (Å²) < 4.78 is 66.5. The maximum atomic E-state index is 11.5. The fourth-order valence-corrected chi connectivity index (χ4v) is 11.5. The number of aromatic hydroxyl groups is 1. The number of carboxylic acid groups (broad SMARTS) is 1. The van der Waals surface area contributed by atoms with Crippen LogP contribution in [0.2, 0.25) is 0 Å². The summed E-state index contributed by atoms with van der Waals surface area (Å²) in [6, 6.07) is 89.2. The Bertz CT molecular complexity index is 5590. The largest absolute Gasteiger partial charge is 0.508 e. The average Bonchev–Trinajstić information content (AvgIpc) is 0.850. The summed E-state index contributed by atoms with van der Waals surface area (Å²) in [5.41, 5.74) is 12.7. The number of phenols is 1. The quantitative estimate of drug-likeness (QED) is 0.0105. The number of phenolic OH excluding ortho intramolecular Hbond substituents is 1. The fraction of sp³-hybridized carbons (Fsp3) is 0.176. The van der Waals surface area contributed by atoms with E-state index in [2.05, 4.69) is 20.6 Å². The van der Waals surface area contributed by atoms with E-state index in [0.29, 0.717) is 125 Å². The lowest BCUT2D eigenvalue weighted by atomic mass is 10.1. The second kappa shape index (κ2) is 55.9. The number of aliphatic carboxylic acids is 1. The highest BCUT2D eigenvalue weighted by molar-refractivity contribution is 6.03. The molecule has 12 rings (SSSR count). The van der Waals surface area contributed by atoms with Gasteiger partial charge in [0.2, 0.25) is 0 Å². The third-order valence-corrected chi connectivity index (χ3v) is 18.0. The molecule has 0 atom stereocenters. The zero-order chi connectivity index (χ0) is 92.0. The first-order chi connectivity index (χ1) is 63.0. The molecule has 0 unspecified atom stereocenters. The van der Waals surface area contributed by atoms with Crippen molar-refractivity contribution in [2.45, 2.75) is 33.4 Å². The molecule has 0 aliphatic heterocycles. The van der Waals surface area contributed by atoms with Gasteiger partial charge in [-0.1, -0.05) is 190 Å². The van der Waals surface area contributed by atoms with Crippen molar-refractivity contribution < 1.29 is 111 Å². The molecule has 0 bridgehead atoms. The maximum absolute atomic E-state index is 11.5. The van der Waals surface area contributed by atoms with Crippen molar-refractivity contribution in [2.24, 2.45) is 20.6 Å². The van der Waals surface area contributed by atoms with Crippen molar-refractivity contribution in [3.63, 3.8) is 0 Å². The molecule has 0 amide bonds. The van der Waals surface area contributed by atoms with Gasteiger partial charge in [-0.05, 0) is 138 Å². The number of rotatable bonds is 41. The number of nitrogens with zero attached hydrogens (tertiary/aromatic N) is 4. The van der Waals surface area contributed by atoms with Crippen LogP contribution in [0.4, 0.5) is 0 Å². The summed E-state index contributed by atoms with van der Waals surface area (Å²) in [4.78, 5) is 63.3. The molecule has 12 aromatic carbocycles. The minimum atomic E-state index is -1.02. The molecule has 27 heteroatoms. The first-order valence-electron chi connectivity index (χ1n) is 40.1. The highest BCUT2D eigenvalue weighted by Crippen LogP contribution is 2.31. The number of esters is 1.